The lowest BCUT2D eigenvalue weighted by atomic mass is 10.1. The Morgan fingerprint density at radius 3 is 2.82 bits per heavy atom. The summed E-state index contributed by atoms with van der Waals surface area (Å²) in [6.45, 7) is 7.64. The zero-order valence-corrected chi connectivity index (χ0v) is 10.3. The van der Waals surface area contributed by atoms with Gasteiger partial charge in [-0.2, -0.15) is 0 Å². The van der Waals surface area contributed by atoms with Crippen LogP contribution in [-0.2, 0) is 0 Å². The smallest absolute Gasteiger partial charge is 0.314 e. The van der Waals surface area contributed by atoms with E-state index in [1.54, 1.807) is 6.07 Å². The summed E-state index contributed by atoms with van der Waals surface area (Å²) in [4.78, 5) is 12.6. The second-order valence-electron chi connectivity index (χ2n) is 3.94. The standard InChI is InChI=1S/C11H15N3O2S/c1-2-10(13-5-3-12-4-6-13)9-7-11(14(15)16)17-8-9/h2,7-8,10,12H,1,3-6H2/t10-/m0/s1. The SMILES string of the molecule is C=C[C@@H](c1csc([N+](=O)[O-])c1)N1CCNCC1. The van der Waals surface area contributed by atoms with Crippen molar-refractivity contribution in [3.05, 3.63) is 39.8 Å². The van der Waals surface area contributed by atoms with Gasteiger partial charge in [-0.15, -0.1) is 6.58 Å². The fourth-order valence-electron chi connectivity index (χ4n) is 2.05. The highest BCUT2D eigenvalue weighted by atomic mass is 32.1. The lowest BCUT2D eigenvalue weighted by molar-refractivity contribution is -0.380. The Bertz CT molecular complexity index is 413. The molecule has 1 aliphatic heterocycles. The molecule has 92 valence electrons. The van der Waals surface area contributed by atoms with Crippen molar-refractivity contribution in [3.63, 3.8) is 0 Å². The van der Waals surface area contributed by atoms with Gasteiger partial charge in [-0.3, -0.25) is 15.0 Å². The molecule has 1 aliphatic rings. The summed E-state index contributed by atoms with van der Waals surface area (Å²) in [6.07, 6.45) is 1.86. The van der Waals surface area contributed by atoms with Gasteiger partial charge in [0.2, 0.25) is 0 Å². The lowest BCUT2D eigenvalue weighted by Crippen LogP contribution is -2.44. The average molecular weight is 253 g/mol. The van der Waals surface area contributed by atoms with Crippen LogP contribution in [0, 0.1) is 10.1 Å². The van der Waals surface area contributed by atoms with Crippen molar-refractivity contribution in [2.24, 2.45) is 0 Å². The molecule has 0 saturated carbocycles. The molecular weight excluding hydrogens is 238 g/mol. The molecule has 6 heteroatoms. The number of thiophene rings is 1. The fourth-order valence-corrected chi connectivity index (χ4v) is 2.80. The van der Waals surface area contributed by atoms with Crippen LogP contribution in [0.1, 0.15) is 11.6 Å². The number of hydrogen-bond acceptors (Lipinski definition) is 5. The van der Waals surface area contributed by atoms with Gasteiger partial charge in [-0.1, -0.05) is 17.4 Å². The largest absolute Gasteiger partial charge is 0.324 e. The van der Waals surface area contributed by atoms with E-state index < -0.39 is 0 Å². The second-order valence-corrected chi connectivity index (χ2v) is 4.83. The van der Waals surface area contributed by atoms with Gasteiger partial charge in [0, 0.05) is 37.6 Å². The highest BCUT2D eigenvalue weighted by molar-refractivity contribution is 7.13. The van der Waals surface area contributed by atoms with Crippen molar-refractivity contribution in [2.45, 2.75) is 6.04 Å². The van der Waals surface area contributed by atoms with Crippen molar-refractivity contribution in [3.8, 4) is 0 Å². The summed E-state index contributed by atoms with van der Waals surface area (Å²) in [6, 6.07) is 1.74. The van der Waals surface area contributed by atoms with Crippen LogP contribution in [0.3, 0.4) is 0 Å². The molecule has 1 atom stereocenters. The third kappa shape index (κ3) is 2.71. The molecule has 2 rings (SSSR count). The molecule has 5 nitrogen and oxygen atoms in total. The molecular formula is C11H15N3O2S. The molecule has 0 aromatic carbocycles. The minimum atomic E-state index is -0.341. The number of nitro groups is 1. The molecule has 1 aromatic rings. The highest BCUT2D eigenvalue weighted by Gasteiger charge is 2.22. The van der Waals surface area contributed by atoms with Gasteiger partial charge in [-0.25, -0.2) is 0 Å². The predicted octanol–water partition coefficient (Wildman–Crippen LogP) is 1.79. The van der Waals surface area contributed by atoms with Gasteiger partial charge in [0.25, 0.3) is 0 Å². The van der Waals surface area contributed by atoms with Crippen LogP contribution >= 0.6 is 11.3 Å². The summed E-state index contributed by atoms with van der Waals surface area (Å²) >= 11 is 1.18. The Kier molecular flexibility index (Phi) is 3.88. The number of rotatable bonds is 4. The van der Waals surface area contributed by atoms with Gasteiger partial charge < -0.3 is 5.32 Å². The summed E-state index contributed by atoms with van der Waals surface area (Å²) in [7, 11) is 0. The molecule has 1 saturated heterocycles. The van der Waals surface area contributed by atoms with Crippen LogP contribution < -0.4 is 5.32 Å². The Morgan fingerprint density at radius 1 is 1.59 bits per heavy atom. The zero-order chi connectivity index (χ0) is 12.3. The van der Waals surface area contributed by atoms with Crippen LogP contribution in [0.4, 0.5) is 5.00 Å². The first kappa shape index (κ1) is 12.2. The molecule has 2 heterocycles. The van der Waals surface area contributed by atoms with Crippen LogP contribution in [0.15, 0.2) is 24.1 Å². The fraction of sp³-hybridized carbons (Fsp3) is 0.455. The normalized spacial score (nSPS) is 18.8. The number of nitrogens with one attached hydrogen (secondary N) is 1. The summed E-state index contributed by atoms with van der Waals surface area (Å²) < 4.78 is 0. The number of piperazine rings is 1. The van der Waals surface area contributed by atoms with Crippen molar-refractivity contribution in [1.82, 2.24) is 10.2 Å². The Balaban J connectivity index is 2.15. The van der Waals surface area contributed by atoms with E-state index >= 15 is 0 Å². The van der Waals surface area contributed by atoms with Crippen molar-refractivity contribution in [1.29, 1.82) is 0 Å². The number of hydrogen-bond donors (Lipinski definition) is 1. The van der Waals surface area contributed by atoms with Crippen molar-refractivity contribution < 1.29 is 4.92 Å². The second kappa shape index (κ2) is 5.39. The third-order valence-corrected chi connectivity index (χ3v) is 3.79. The lowest BCUT2D eigenvalue weighted by Gasteiger charge is -2.32. The van der Waals surface area contributed by atoms with E-state index in [-0.39, 0.29) is 16.0 Å². The van der Waals surface area contributed by atoms with Crippen LogP contribution in [0.2, 0.25) is 0 Å². The minimum absolute atomic E-state index is 0.0852. The number of nitrogens with zero attached hydrogens (tertiary/aromatic N) is 2. The maximum atomic E-state index is 10.7. The van der Waals surface area contributed by atoms with Gasteiger partial charge in [0.1, 0.15) is 0 Å². The Hall–Kier alpha value is -1.24. The van der Waals surface area contributed by atoms with E-state index in [0.29, 0.717) is 0 Å². The van der Waals surface area contributed by atoms with Crippen LogP contribution in [0.25, 0.3) is 0 Å². The van der Waals surface area contributed by atoms with E-state index in [1.165, 1.54) is 11.3 Å². The maximum absolute atomic E-state index is 10.7. The molecule has 1 fully saturated rings. The van der Waals surface area contributed by atoms with Gasteiger partial charge in [-0.05, 0) is 5.56 Å². The zero-order valence-electron chi connectivity index (χ0n) is 9.46. The average Bonchev–Trinajstić information content (AvgIpc) is 2.81. The summed E-state index contributed by atoms with van der Waals surface area (Å²) in [5, 5.41) is 16.0. The molecule has 0 spiro atoms. The van der Waals surface area contributed by atoms with E-state index in [9.17, 15) is 10.1 Å². The predicted molar refractivity (Wildman–Crippen MR) is 68.4 cm³/mol. The maximum Gasteiger partial charge on any atom is 0.324 e. The van der Waals surface area contributed by atoms with Gasteiger partial charge in [0.15, 0.2) is 0 Å². The molecule has 0 amide bonds. The molecule has 0 radical (unpaired) electrons. The molecule has 17 heavy (non-hydrogen) atoms. The molecule has 1 N–H and O–H groups in total. The molecule has 0 unspecified atom stereocenters. The summed E-state index contributed by atoms with van der Waals surface area (Å²) in [5.74, 6) is 0. The van der Waals surface area contributed by atoms with Crippen LogP contribution in [-0.4, -0.2) is 36.0 Å². The van der Waals surface area contributed by atoms with E-state index in [4.69, 9.17) is 0 Å². The first-order valence-corrected chi connectivity index (χ1v) is 6.40. The molecule has 0 aliphatic carbocycles. The van der Waals surface area contributed by atoms with Crippen LogP contribution in [0.5, 0.6) is 0 Å². The van der Waals surface area contributed by atoms with Gasteiger partial charge >= 0.3 is 5.00 Å². The van der Waals surface area contributed by atoms with E-state index in [2.05, 4.69) is 16.8 Å². The monoisotopic (exact) mass is 253 g/mol. The minimum Gasteiger partial charge on any atom is -0.314 e. The summed E-state index contributed by atoms with van der Waals surface area (Å²) in [5.41, 5.74) is 0.971. The van der Waals surface area contributed by atoms with Gasteiger partial charge in [0.05, 0.1) is 11.0 Å². The molecule has 1 aromatic heterocycles. The van der Waals surface area contributed by atoms with Crippen molar-refractivity contribution in [2.75, 3.05) is 26.2 Å². The van der Waals surface area contributed by atoms with Crippen molar-refractivity contribution >= 4 is 16.3 Å². The topological polar surface area (TPSA) is 58.4 Å². The quantitative estimate of drug-likeness (QED) is 0.505. The third-order valence-electron chi connectivity index (χ3n) is 2.90. The Labute approximate surface area is 104 Å². The van der Waals surface area contributed by atoms with E-state index in [0.717, 1.165) is 31.7 Å². The molecule has 0 bridgehead atoms. The van der Waals surface area contributed by atoms with E-state index in [1.807, 2.05) is 11.5 Å². The highest BCUT2D eigenvalue weighted by Crippen LogP contribution is 2.30. The Morgan fingerprint density at radius 2 is 2.29 bits per heavy atom. The first-order valence-electron chi connectivity index (χ1n) is 5.52. The first-order chi connectivity index (χ1) is 8.22.